The van der Waals surface area contributed by atoms with Crippen molar-refractivity contribution in [2.45, 2.75) is 27.3 Å². The monoisotopic (exact) mass is 333 g/mol. The molecule has 0 atom stereocenters. The Balaban J connectivity index is 2.23. The van der Waals surface area contributed by atoms with E-state index in [1.165, 1.54) is 27.9 Å². The van der Waals surface area contributed by atoms with Crippen LogP contribution in [0.3, 0.4) is 0 Å². The van der Waals surface area contributed by atoms with Gasteiger partial charge in [0.05, 0.1) is 7.11 Å². The second-order valence-corrected chi connectivity index (χ2v) is 6.00. The molecule has 0 amide bonds. The zero-order chi connectivity index (χ0) is 14.7. The van der Waals surface area contributed by atoms with Crippen LogP contribution in [0.4, 0.5) is 5.69 Å². The number of ether oxygens (including phenoxy) is 1. The van der Waals surface area contributed by atoms with Gasteiger partial charge >= 0.3 is 0 Å². The first-order valence-corrected chi connectivity index (χ1v) is 7.44. The molecule has 0 radical (unpaired) electrons. The predicted molar refractivity (Wildman–Crippen MR) is 88.7 cm³/mol. The molecule has 0 heterocycles. The van der Waals surface area contributed by atoms with Crippen molar-refractivity contribution >= 4 is 21.6 Å². The van der Waals surface area contributed by atoms with Crippen LogP contribution in [0.25, 0.3) is 0 Å². The van der Waals surface area contributed by atoms with Gasteiger partial charge in [0.2, 0.25) is 0 Å². The molecular formula is C17H20BrNO. The van der Waals surface area contributed by atoms with Gasteiger partial charge in [0.25, 0.3) is 0 Å². The highest BCUT2D eigenvalue weighted by molar-refractivity contribution is 9.10. The van der Waals surface area contributed by atoms with E-state index in [2.05, 4.69) is 66.3 Å². The number of nitrogens with one attached hydrogen (secondary N) is 1. The molecule has 0 bridgehead atoms. The standard InChI is InChI=1S/C17H20BrNO/c1-11-5-6-16(20-4)14(7-11)10-19-17-12(2)8-15(18)9-13(17)3/h5-9,19H,10H2,1-4H3. The van der Waals surface area contributed by atoms with E-state index in [-0.39, 0.29) is 0 Å². The summed E-state index contributed by atoms with van der Waals surface area (Å²) in [4.78, 5) is 0. The molecule has 1 N–H and O–H groups in total. The lowest BCUT2D eigenvalue weighted by Gasteiger charge is -2.15. The van der Waals surface area contributed by atoms with E-state index in [9.17, 15) is 0 Å². The average Bonchev–Trinajstić information content (AvgIpc) is 2.37. The van der Waals surface area contributed by atoms with Gasteiger partial charge in [0.15, 0.2) is 0 Å². The van der Waals surface area contributed by atoms with Crippen LogP contribution in [-0.2, 0) is 6.54 Å². The molecule has 106 valence electrons. The molecule has 0 aliphatic heterocycles. The number of anilines is 1. The molecule has 0 aliphatic carbocycles. The second-order valence-electron chi connectivity index (χ2n) is 5.08. The maximum Gasteiger partial charge on any atom is 0.123 e. The highest BCUT2D eigenvalue weighted by Crippen LogP contribution is 2.27. The number of benzene rings is 2. The van der Waals surface area contributed by atoms with Gasteiger partial charge in [0, 0.05) is 22.3 Å². The van der Waals surface area contributed by atoms with Crippen molar-refractivity contribution in [1.82, 2.24) is 0 Å². The number of hydrogen-bond donors (Lipinski definition) is 1. The van der Waals surface area contributed by atoms with Crippen LogP contribution in [0.2, 0.25) is 0 Å². The van der Waals surface area contributed by atoms with Gasteiger partial charge in [-0.1, -0.05) is 33.6 Å². The Bertz CT molecular complexity index is 599. The molecule has 2 aromatic carbocycles. The number of aryl methyl sites for hydroxylation is 3. The minimum atomic E-state index is 0.758. The highest BCUT2D eigenvalue weighted by Gasteiger charge is 2.07. The van der Waals surface area contributed by atoms with Crippen molar-refractivity contribution in [3.8, 4) is 5.75 Å². The number of hydrogen-bond acceptors (Lipinski definition) is 2. The van der Waals surface area contributed by atoms with Crippen LogP contribution in [0, 0.1) is 20.8 Å². The fourth-order valence-corrected chi connectivity index (χ4v) is 3.11. The van der Waals surface area contributed by atoms with Gasteiger partial charge in [0.1, 0.15) is 5.75 Å². The van der Waals surface area contributed by atoms with E-state index in [0.717, 1.165) is 16.8 Å². The Morgan fingerprint density at radius 1 is 1.05 bits per heavy atom. The van der Waals surface area contributed by atoms with Gasteiger partial charge in [-0.25, -0.2) is 0 Å². The van der Waals surface area contributed by atoms with Crippen LogP contribution in [-0.4, -0.2) is 7.11 Å². The lowest BCUT2D eigenvalue weighted by Crippen LogP contribution is -2.05. The summed E-state index contributed by atoms with van der Waals surface area (Å²) in [5.74, 6) is 0.926. The summed E-state index contributed by atoms with van der Waals surface area (Å²) in [5, 5.41) is 3.53. The largest absolute Gasteiger partial charge is 0.496 e. The molecule has 20 heavy (non-hydrogen) atoms. The molecule has 0 fully saturated rings. The second kappa shape index (κ2) is 6.31. The first kappa shape index (κ1) is 14.9. The summed E-state index contributed by atoms with van der Waals surface area (Å²) in [6.07, 6.45) is 0. The van der Waals surface area contributed by atoms with Crippen LogP contribution in [0.1, 0.15) is 22.3 Å². The Morgan fingerprint density at radius 2 is 1.70 bits per heavy atom. The zero-order valence-corrected chi connectivity index (χ0v) is 14.0. The van der Waals surface area contributed by atoms with E-state index < -0.39 is 0 Å². The molecule has 0 unspecified atom stereocenters. The van der Waals surface area contributed by atoms with E-state index in [0.29, 0.717) is 0 Å². The summed E-state index contributed by atoms with van der Waals surface area (Å²) in [6, 6.07) is 10.5. The molecular weight excluding hydrogens is 314 g/mol. The van der Waals surface area contributed by atoms with Crippen LogP contribution in [0.15, 0.2) is 34.8 Å². The molecule has 2 nitrogen and oxygen atoms in total. The molecule has 2 aromatic rings. The predicted octanol–water partition coefficient (Wildman–Crippen LogP) is 5.00. The highest BCUT2D eigenvalue weighted by atomic mass is 79.9. The summed E-state index contributed by atoms with van der Waals surface area (Å²) in [7, 11) is 1.71. The molecule has 2 rings (SSSR count). The maximum absolute atomic E-state index is 5.42. The number of rotatable bonds is 4. The molecule has 3 heteroatoms. The topological polar surface area (TPSA) is 21.3 Å². The lowest BCUT2D eigenvalue weighted by atomic mass is 10.1. The fraction of sp³-hybridized carbons (Fsp3) is 0.294. The van der Waals surface area contributed by atoms with Crippen molar-refractivity contribution in [2.24, 2.45) is 0 Å². The third-order valence-electron chi connectivity index (χ3n) is 3.39. The number of halogens is 1. The zero-order valence-electron chi connectivity index (χ0n) is 12.4. The Hall–Kier alpha value is -1.48. The molecule has 0 aliphatic rings. The van der Waals surface area contributed by atoms with Gasteiger partial charge in [-0.05, 0) is 50.1 Å². The van der Waals surface area contributed by atoms with E-state index >= 15 is 0 Å². The Morgan fingerprint density at radius 3 is 2.30 bits per heavy atom. The summed E-state index contributed by atoms with van der Waals surface area (Å²) in [6.45, 7) is 7.09. The van der Waals surface area contributed by atoms with Crippen LogP contribution >= 0.6 is 15.9 Å². The van der Waals surface area contributed by atoms with E-state index in [4.69, 9.17) is 4.74 Å². The van der Waals surface area contributed by atoms with Gasteiger partial charge in [-0.3, -0.25) is 0 Å². The minimum absolute atomic E-state index is 0.758. The lowest BCUT2D eigenvalue weighted by molar-refractivity contribution is 0.410. The van der Waals surface area contributed by atoms with Gasteiger partial charge in [-0.15, -0.1) is 0 Å². The SMILES string of the molecule is COc1ccc(C)cc1CNc1c(C)cc(Br)cc1C. The maximum atomic E-state index is 5.42. The van der Waals surface area contributed by atoms with Crippen LogP contribution in [0.5, 0.6) is 5.75 Å². The third-order valence-corrected chi connectivity index (χ3v) is 3.85. The van der Waals surface area contributed by atoms with Gasteiger partial charge in [-0.2, -0.15) is 0 Å². The van der Waals surface area contributed by atoms with Crippen molar-refractivity contribution in [2.75, 3.05) is 12.4 Å². The average molecular weight is 334 g/mol. The quantitative estimate of drug-likeness (QED) is 0.850. The van der Waals surface area contributed by atoms with Crippen molar-refractivity contribution in [3.63, 3.8) is 0 Å². The van der Waals surface area contributed by atoms with Crippen LogP contribution < -0.4 is 10.1 Å². The summed E-state index contributed by atoms with van der Waals surface area (Å²) >= 11 is 3.53. The number of methoxy groups -OCH3 is 1. The van der Waals surface area contributed by atoms with Gasteiger partial charge < -0.3 is 10.1 Å². The molecule has 0 saturated heterocycles. The third kappa shape index (κ3) is 3.34. The summed E-state index contributed by atoms with van der Waals surface area (Å²) in [5.41, 5.74) is 6.09. The Kier molecular flexibility index (Phi) is 4.71. The molecule has 0 spiro atoms. The summed E-state index contributed by atoms with van der Waals surface area (Å²) < 4.78 is 6.54. The normalized spacial score (nSPS) is 10.4. The first-order chi connectivity index (χ1) is 9.51. The van der Waals surface area contributed by atoms with Crippen molar-refractivity contribution in [1.29, 1.82) is 0 Å². The molecule has 0 saturated carbocycles. The minimum Gasteiger partial charge on any atom is -0.496 e. The van der Waals surface area contributed by atoms with Crippen molar-refractivity contribution < 1.29 is 4.74 Å². The van der Waals surface area contributed by atoms with E-state index in [1.54, 1.807) is 7.11 Å². The fourth-order valence-electron chi connectivity index (χ4n) is 2.42. The first-order valence-electron chi connectivity index (χ1n) is 6.65. The molecule has 0 aromatic heterocycles. The van der Waals surface area contributed by atoms with E-state index in [1.807, 2.05) is 6.07 Å². The Labute approximate surface area is 129 Å². The van der Waals surface area contributed by atoms with Crippen molar-refractivity contribution in [3.05, 3.63) is 57.1 Å². The smallest absolute Gasteiger partial charge is 0.123 e.